The molecular formula is C20H26ClN3O6. The third-order valence-electron chi connectivity index (χ3n) is 4.85. The van der Waals surface area contributed by atoms with E-state index in [1.54, 1.807) is 20.8 Å². The second-order valence-electron chi connectivity index (χ2n) is 8.11. The van der Waals surface area contributed by atoms with Gasteiger partial charge < -0.3 is 20.1 Å². The number of amides is 3. The number of anilines is 1. The van der Waals surface area contributed by atoms with Crippen molar-refractivity contribution in [2.24, 2.45) is 5.41 Å². The van der Waals surface area contributed by atoms with E-state index >= 15 is 0 Å². The normalized spacial score (nSPS) is 17.2. The fourth-order valence-electron chi connectivity index (χ4n) is 3.26. The second kappa shape index (κ2) is 9.34. The van der Waals surface area contributed by atoms with Crippen LogP contribution < -0.4 is 10.6 Å². The maximum Gasteiger partial charge on any atom is 0.411 e. The smallest absolute Gasteiger partial charge is 0.411 e. The minimum atomic E-state index is -1.06. The summed E-state index contributed by atoms with van der Waals surface area (Å²) < 4.78 is 4.51. The molecule has 0 bridgehead atoms. The molecule has 2 rings (SSSR count). The van der Waals surface area contributed by atoms with Crippen LogP contribution in [0.4, 0.5) is 10.5 Å². The highest BCUT2D eigenvalue weighted by Gasteiger charge is 2.42. The van der Waals surface area contributed by atoms with Gasteiger partial charge in [-0.1, -0.05) is 32.4 Å². The standard InChI is InChI=1S/C20H26ClN3O6/c1-20(2,3)15(17(26)24-9-5-6-14(24)18(27)28)23-16(25)12-8-7-11(10-13(12)21)22-19(29)30-4/h7-8,10,14-15H,5-6,9H2,1-4H3,(H,22,29)(H,23,25)(H,27,28)/t14-,15+/m0/s1. The number of nitrogens with zero attached hydrogens (tertiary/aromatic N) is 1. The topological polar surface area (TPSA) is 125 Å². The van der Waals surface area contributed by atoms with Crippen molar-refractivity contribution in [1.29, 1.82) is 0 Å². The van der Waals surface area contributed by atoms with Gasteiger partial charge in [-0.25, -0.2) is 9.59 Å². The number of aliphatic carboxylic acids is 1. The zero-order valence-electron chi connectivity index (χ0n) is 17.3. The van der Waals surface area contributed by atoms with Gasteiger partial charge in [-0.3, -0.25) is 14.9 Å². The summed E-state index contributed by atoms with van der Waals surface area (Å²) in [7, 11) is 1.22. The molecule has 30 heavy (non-hydrogen) atoms. The lowest BCUT2D eigenvalue weighted by Gasteiger charge is -2.35. The highest BCUT2D eigenvalue weighted by atomic mass is 35.5. The lowest BCUT2D eigenvalue weighted by Crippen LogP contribution is -2.56. The van der Waals surface area contributed by atoms with Crippen LogP contribution >= 0.6 is 11.6 Å². The minimum Gasteiger partial charge on any atom is -0.480 e. The summed E-state index contributed by atoms with van der Waals surface area (Å²) in [5.41, 5.74) is -0.212. The van der Waals surface area contributed by atoms with Crippen molar-refractivity contribution in [3.8, 4) is 0 Å². The lowest BCUT2D eigenvalue weighted by atomic mass is 9.85. The molecule has 0 spiro atoms. The summed E-state index contributed by atoms with van der Waals surface area (Å²) in [5, 5.41) is 14.6. The number of carboxylic acid groups (broad SMARTS) is 1. The molecule has 1 aliphatic heterocycles. The quantitative estimate of drug-likeness (QED) is 0.647. The first kappa shape index (κ1) is 23.5. The molecular weight excluding hydrogens is 414 g/mol. The van der Waals surface area contributed by atoms with E-state index in [9.17, 15) is 24.3 Å². The molecule has 2 atom stereocenters. The van der Waals surface area contributed by atoms with Crippen LogP contribution in [-0.4, -0.2) is 59.6 Å². The van der Waals surface area contributed by atoms with Gasteiger partial charge in [-0.15, -0.1) is 0 Å². The fourth-order valence-corrected chi connectivity index (χ4v) is 3.52. The SMILES string of the molecule is COC(=O)Nc1ccc(C(=O)N[C@H](C(=O)N2CCC[C@H]2C(=O)O)C(C)(C)C)c(Cl)c1. The maximum atomic E-state index is 13.1. The Hall–Kier alpha value is -2.81. The Kier molecular flexibility index (Phi) is 7.30. The van der Waals surface area contributed by atoms with Crippen LogP contribution in [0.5, 0.6) is 0 Å². The molecule has 1 aromatic carbocycles. The number of carbonyl (C=O) groups excluding carboxylic acids is 3. The first-order valence-corrected chi connectivity index (χ1v) is 9.82. The molecule has 0 aliphatic carbocycles. The number of methoxy groups -OCH3 is 1. The van der Waals surface area contributed by atoms with E-state index in [0.717, 1.165) is 0 Å². The molecule has 164 valence electrons. The van der Waals surface area contributed by atoms with Crippen molar-refractivity contribution in [2.45, 2.75) is 45.7 Å². The highest BCUT2D eigenvalue weighted by Crippen LogP contribution is 2.27. The van der Waals surface area contributed by atoms with E-state index in [2.05, 4.69) is 15.4 Å². The summed E-state index contributed by atoms with van der Waals surface area (Å²) in [6, 6.07) is 2.44. The van der Waals surface area contributed by atoms with Crippen molar-refractivity contribution >= 4 is 41.2 Å². The van der Waals surface area contributed by atoms with Crippen LogP contribution in [0.25, 0.3) is 0 Å². The zero-order chi connectivity index (χ0) is 22.6. The summed E-state index contributed by atoms with van der Waals surface area (Å²) in [6.07, 6.45) is 0.292. The van der Waals surface area contributed by atoms with Gasteiger partial charge in [0.05, 0.1) is 17.7 Å². The zero-order valence-corrected chi connectivity index (χ0v) is 18.1. The van der Waals surface area contributed by atoms with Gasteiger partial charge in [0.1, 0.15) is 12.1 Å². The lowest BCUT2D eigenvalue weighted by molar-refractivity contribution is -0.150. The summed E-state index contributed by atoms with van der Waals surface area (Å²) in [4.78, 5) is 50.1. The van der Waals surface area contributed by atoms with E-state index in [4.69, 9.17) is 11.6 Å². The van der Waals surface area contributed by atoms with E-state index in [-0.39, 0.29) is 10.6 Å². The Morgan fingerprint density at radius 2 is 1.93 bits per heavy atom. The van der Waals surface area contributed by atoms with E-state index in [0.29, 0.717) is 25.1 Å². The monoisotopic (exact) mass is 439 g/mol. The Morgan fingerprint density at radius 3 is 2.47 bits per heavy atom. The largest absolute Gasteiger partial charge is 0.480 e. The molecule has 1 aliphatic rings. The second-order valence-corrected chi connectivity index (χ2v) is 8.52. The average molecular weight is 440 g/mol. The molecule has 1 heterocycles. The third kappa shape index (κ3) is 5.41. The summed E-state index contributed by atoms with van der Waals surface area (Å²) in [6.45, 7) is 5.68. The van der Waals surface area contributed by atoms with Crippen molar-refractivity contribution < 1.29 is 29.0 Å². The van der Waals surface area contributed by atoms with Gasteiger partial charge in [0.25, 0.3) is 5.91 Å². The minimum absolute atomic E-state index is 0.0751. The molecule has 0 saturated carbocycles. The Balaban J connectivity index is 2.23. The number of likely N-dealkylation sites (tertiary alicyclic amines) is 1. The van der Waals surface area contributed by atoms with Gasteiger partial charge >= 0.3 is 12.1 Å². The van der Waals surface area contributed by atoms with Crippen molar-refractivity contribution in [3.05, 3.63) is 28.8 Å². The number of nitrogens with one attached hydrogen (secondary N) is 2. The van der Waals surface area contributed by atoms with E-state index < -0.39 is 41.4 Å². The maximum absolute atomic E-state index is 13.1. The molecule has 1 saturated heterocycles. The van der Waals surface area contributed by atoms with Gasteiger partial charge in [0.2, 0.25) is 5.91 Å². The predicted molar refractivity (Wildman–Crippen MR) is 111 cm³/mol. The number of carboxylic acids is 1. The van der Waals surface area contributed by atoms with E-state index in [1.807, 2.05) is 0 Å². The number of hydrogen-bond acceptors (Lipinski definition) is 5. The molecule has 1 aromatic rings. The van der Waals surface area contributed by atoms with Crippen LogP contribution in [0.15, 0.2) is 18.2 Å². The van der Waals surface area contributed by atoms with Crippen LogP contribution in [0.3, 0.4) is 0 Å². The molecule has 0 radical (unpaired) electrons. The number of rotatable bonds is 5. The number of ether oxygens (including phenoxy) is 1. The van der Waals surface area contributed by atoms with Crippen LogP contribution in [-0.2, 0) is 14.3 Å². The number of halogens is 1. The molecule has 9 nitrogen and oxygen atoms in total. The fraction of sp³-hybridized carbons (Fsp3) is 0.500. The summed E-state index contributed by atoms with van der Waals surface area (Å²) >= 11 is 6.19. The van der Waals surface area contributed by atoms with Gasteiger partial charge in [-0.2, -0.15) is 0 Å². The highest BCUT2D eigenvalue weighted by molar-refractivity contribution is 6.34. The third-order valence-corrected chi connectivity index (χ3v) is 5.17. The first-order chi connectivity index (χ1) is 14.0. The molecule has 3 amide bonds. The van der Waals surface area contributed by atoms with Crippen molar-refractivity contribution in [2.75, 3.05) is 19.0 Å². The van der Waals surface area contributed by atoms with Gasteiger partial charge in [0.15, 0.2) is 0 Å². The van der Waals surface area contributed by atoms with Crippen molar-refractivity contribution in [1.82, 2.24) is 10.2 Å². The average Bonchev–Trinajstić information content (AvgIpc) is 3.14. The van der Waals surface area contributed by atoms with Crippen LogP contribution in [0, 0.1) is 5.41 Å². The molecule has 0 unspecified atom stereocenters. The van der Waals surface area contributed by atoms with Gasteiger partial charge in [-0.05, 0) is 36.5 Å². The summed E-state index contributed by atoms with van der Waals surface area (Å²) in [5.74, 6) is -2.08. The molecule has 1 fully saturated rings. The Labute approximate surface area is 179 Å². The first-order valence-electron chi connectivity index (χ1n) is 9.44. The number of hydrogen-bond donors (Lipinski definition) is 3. The molecule has 3 N–H and O–H groups in total. The van der Waals surface area contributed by atoms with Gasteiger partial charge in [0, 0.05) is 12.2 Å². The van der Waals surface area contributed by atoms with Crippen molar-refractivity contribution in [3.63, 3.8) is 0 Å². The molecule has 10 heteroatoms. The van der Waals surface area contributed by atoms with Crippen LogP contribution in [0.2, 0.25) is 5.02 Å². The number of benzene rings is 1. The Morgan fingerprint density at radius 1 is 1.27 bits per heavy atom. The Bertz CT molecular complexity index is 851. The number of carbonyl (C=O) groups is 4. The van der Waals surface area contributed by atoms with Crippen LogP contribution in [0.1, 0.15) is 44.0 Å². The predicted octanol–water partition coefficient (Wildman–Crippen LogP) is 2.74. The molecule has 0 aromatic heterocycles. The van der Waals surface area contributed by atoms with E-state index in [1.165, 1.54) is 30.2 Å².